The van der Waals surface area contributed by atoms with Crippen molar-refractivity contribution in [3.05, 3.63) is 47.0 Å². The fraction of sp³-hybridized carbons (Fsp3) is 0.333. The van der Waals surface area contributed by atoms with Crippen molar-refractivity contribution in [3.8, 4) is 5.69 Å². The Bertz CT molecular complexity index is 734. The second-order valence-electron chi connectivity index (χ2n) is 5.31. The number of nitrogens with zero attached hydrogens (tertiary/aromatic N) is 2. The van der Waals surface area contributed by atoms with Crippen molar-refractivity contribution in [1.29, 1.82) is 0 Å². The molecule has 0 atom stereocenters. The number of rotatable bonds is 3. The monoisotopic (exact) mass is 327 g/mol. The van der Waals surface area contributed by atoms with Crippen molar-refractivity contribution in [2.45, 2.75) is 25.4 Å². The van der Waals surface area contributed by atoms with Crippen LogP contribution in [0, 0.1) is 5.82 Å². The summed E-state index contributed by atoms with van der Waals surface area (Å²) in [5, 5.41) is 5.99. The number of amides is 1. The molecule has 4 nitrogen and oxygen atoms in total. The van der Waals surface area contributed by atoms with Crippen molar-refractivity contribution in [2.75, 3.05) is 6.54 Å². The van der Waals surface area contributed by atoms with Gasteiger partial charge in [-0.3, -0.25) is 4.79 Å². The highest BCUT2D eigenvalue weighted by Crippen LogP contribution is 2.28. The van der Waals surface area contributed by atoms with Gasteiger partial charge in [-0.1, -0.05) is 0 Å². The molecule has 1 aliphatic rings. The van der Waals surface area contributed by atoms with E-state index in [-0.39, 0.29) is 5.69 Å². The van der Waals surface area contributed by atoms with Gasteiger partial charge < -0.3 is 5.32 Å². The fourth-order valence-electron chi connectivity index (χ4n) is 2.68. The lowest BCUT2D eigenvalue weighted by atomic mass is 10.2. The Morgan fingerprint density at radius 3 is 2.57 bits per heavy atom. The predicted molar refractivity (Wildman–Crippen MR) is 73.9 cm³/mol. The van der Waals surface area contributed by atoms with Crippen molar-refractivity contribution >= 4 is 5.91 Å². The van der Waals surface area contributed by atoms with E-state index in [2.05, 4.69) is 5.10 Å². The third kappa shape index (κ3) is 3.20. The molecular formula is C15H13F4N3O. The van der Waals surface area contributed by atoms with E-state index >= 15 is 0 Å². The van der Waals surface area contributed by atoms with Gasteiger partial charge in [0.25, 0.3) is 5.91 Å². The van der Waals surface area contributed by atoms with Crippen LogP contribution < -0.4 is 5.32 Å². The maximum absolute atomic E-state index is 13.0. The molecule has 0 spiro atoms. The van der Waals surface area contributed by atoms with Crippen LogP contribution in [0.15, 0.2) is 24.3 Å². The predicted octanol–water partition coefficient (Wildman–Crippen LogP) is 2.79. The second-order valence-corrected chi connectivity index (χ2v) is 5.31. The summed E-state index contributed by atoms with van der Waals surface area (Å²) < 4.78 is 51.2. The first-order valence-electron chi connectivity index (χ1n) is 7.07. The Kier molecular flexibility index (Phi) is 3.83. The van der Waals surface area contributed by atoms with Crippen LogP contribution in [0.2, 0.25) is 0 Å². The minimum atomic E-state index is -4.47. The van der Waals surface area contributed by atoms with Gasteiger partial charge in [0.1, 0.15) is 12.4 Å². The topological polar surface area (TPSA) is 46.9 Å². The Labute approximate surface area is 129 Å². The van der Waals surface area contributed by atoms with Crippen LogP contribution in [0.3, 0.4) is 0 Å². The van der Waals surface area contributed by atoms with Crippen LogP contribution in [0.1, 0.15) is 28.2 Å². The molecule has 0 saturated carbocycles. The molecular weight excluding hydrogens is 314 g/mol. The summed E-state index contributed by atoms with van der Waals surface area (Å²) in [5.41, 5.74) is 2.02. The van der Waals surface area contributed by atoms with Gasteiger partial charge >= 0.3 is 6.18 Å². The quantitative estimate of drug-likeness (QED) is 0.881. The highest BCUT2D eigenvalue weighted by atomic mass is 19.4. The zero-order valence-corrected chi connectivity index (χ0v) is 12.0. The van der Waals surface area contributed by atoms with Crippen LogP contribution in [0.5, 0.6) is 0 Å². The fourth-order valence-corrected chi connectivity index (χ4v) is 2.68. The van der Waals surface area contributed by atoms with Crippen molar-refractivity contribution in [2.24, 2.45) is 0 Å². The van der Waals surface area contributed by atoms with Crippen molar-refractivity contribution < 1.29 is 22.4 Å². The Balaban J connectivity index is 1.92. The van der Waals surface area contributed by atoms with E-state index in [4.69, 9.17) is 0 Å². The molecule has 2 aromatic rings. The lowest BCUT2D eigenvalue weighted by Gasteiger charge is -2.07. The molecule has 0 radical (unpaired) electrons. The molecule has 1 aliphatic carbocycles. The van der Waals surface area contributed by atoms with E-state index in [9.17, 15) is 22.4 Å². The molecule has 0 unspecified atom stereocenters. The summed E-state index contributed by atoms with van der Waals surface area (Å²) in [6.45, 7) is -1.40. The largest absolute Gasteiger partial charge is 0.405 e. The maximum atomic E-state index is 13.0. The standard InChI is InChI=1S/C15H13F4N3O/c16-9-4-6-10(7-5-9)22-12-3-1-2-11(12)13(21-22)14(23)20-8-15(17,18)19/h4-7H,1-3,8H2,(H,20,23). The summed E-state index contributed by atoms with van der Waals surface area (Å²) in [7, 11) is 0. The summed E-state index contributed by atoms with van der Waals surface area (Å²) in [6.07, 6.45) is -2.41. The Morgan fingerprint density at radius 2 is 1.91 bits per heavy atom. The third-order valence-electron chi connectivity index (χ3n) is 3.67. The van der Waals surface area contributed by atoms with E-state index in [1.54, 1.807) is 0 Å². The Morgan fingerprint density at radius 1 is 1.22 bits per heavy atom. The number of fused-ring (bicyclic) bond motifs is 1. The summed E-state index contributed by atoms with van der Waals surface area (Å²) >= 11 is 0. The summed E-state index contributed by atoms with van der Waals surface area (Å²) in [6, 6.07) is 5.56. The summed E-state index contributed by atoms with van der Waals surface area (Å²) in [4.78, 5) is 12.0. The number of carbonyl (C=O) groups excluding carboxylic acids is 1. The van der Waals surface area contributed by atoms with Gasteiger partial charge in [0.2, 0.25) is 0 Å². The number of aromatic nitrogens is 2. The zero-order valence-electron chi connectivity index (χ0n) is 12.0. The average Bonchev–Trinajstić information content (AvgIpc) is 3.07. The van der Waals surface area contributed by atoms with Crippen LogP contribution in [-0.2, 0) is 12.8 Å². The first-order valence-corrected chi connectivity index (χ1v) is 7.07. The highest BCUT2D eigenvalue weighted by Gasteiger charge is 2.31. The number of nitrogens with one attached hydrogen (secondary N) is 1. The number of alkyl halides is 3. The molecule has 23 heavy (non-hydrogen) atoms. The lowest BCUT2D eigenvalue weighted by molar-refractivity contribution is -0.123. The second kappa shape index (κ2) is 5.68. The third-order valence-corrected chi connectivity index (χ3v) is 3.67. The van der Waals surface area contributed by atoms with Gasteiger partial charge in [-0.25, -0.2) is 9.07 Å². The van der Waals surface area contributed by atoms with Crippen LogP contribution in [-0.4, -0.2) is 28.4 Å². The normalized spacial score (nSPS) is 13.9. The van der Waals surface area contributed by atoms with Crippen LogP contribution in [0.25, 0.3) is 5.69 Å². The van der Waals surface area contributed by atoms with Gasteiger partial charge in [-0.05, 0) is 43.5 Å². The molecule has 0 aliphatic heterocycles. The lowest BCUT2D eigenvalue weighted by Crippen LogP contribution is -2.34. The molecule has 0 fully saturated rings. The SMILES string of the molecule is O=C(NCC(F)(F)F)c1nn(-c2ccc(F)cc2)c2c1CCC2. The molecule has 1 aromatic carbocycles. The molecule has 1 aromatic heterocycles. The van der Waals surface area contributed by atoms with E-state index in [0.29, 0.717) is 24.1 Å². The van der Waals surface area contributed by atoms with Gasteiger partial charge in [-0.15, -0.1) is 0 Å². The van der Waals surface area contributed by atoms with Crippen molar-refractivity contribution in [1.82, 2.24) is 15.1 Å². The first-order chi connectivity index (χ1) is 10.8. The van der Waals surface area contributed by atoms with Crippen LogP contribution in [0.4, 0.5) is 17.6 Å². The molecule has 3 rings (SSSR count). The number of carbonyl (C=O) groups is 1. The minimum Gasteiger partial charge on any atom is -0.342 e. The minimum absolute atomic E-state index is 0.00563. The molecule has 122 valence electrons. The number of benzene rings is 1. The van der Waals surface area contributed by atoms with Gasteiger partial charge in [0, 0.05) is 11.3 Å². The average molecular weight is 327 g/mol. The van der Waals surface area contributed by atoms with E-state index in [0.717, 1.165) is 12.1 Å². The van der Waals surface area contributed by atoms with E-state index in [1.807, 2.05) is 5.32 Å². The van der Waals surface area contributed by atoms with Gasteiger partial charge in [-0.2, -0.15) is 18.3 Å². The molecule has 1 amide bonds. The number of hydrogen-bond donors (Lipinski definition) is 1. The smallest absolute Gasteiger partial charge is 0.342 e. The number of hydrogen-bond acceptors (Lipinski definition) is 2. The number of halogens is 4. The van der Waals surface area contributed by atoms with E-state index < -0.39 is 24.4 Å². The summed E-state index contributed by atoms with van der Waals surface area (Å²) in [5.74, 6) is -1.25. The first kappa shape index (κ1) is 15.5. The molecule has 1 heterocycles. The molecule has 0 bridgehead atoms. The van der Waals surface area contributed by atoms with Gasteiger partial charge in [0.15, 0.2) is 5.69 Å². The molecule has 0 saturated heterocycles. The Hall–Kier alpha value is -2.38. The molecule has 8 heteroatoms. The highest BCUT2D eigenvalue weighted by molar-refractivity contribution is 5.94. The molecule has 1 N–H and O–H groups in total. The zero-order chi connectivity index (χ0) is 16.6. The van der Waals surface area contributed by atoms with E-state index in [1.165, 1.54) is 28.9 Å². The van der Waals surface area contributed by atoms with Gasteiger partial charge in [0.05, 0.1) is 5.69 Å². The maximum Gasteiger partial charge on any atom is 0.405 e. The van der Waals surface area contributed by atoms with Crippen molar-refractivity contribution in [3.63, 3.8) is 0 Å². The van der Waals surface area contributed by atoms with Crippen LogP contribution >= 0.6 is 0 Å².